The molecule has 1 heterocycles. The Kier molecular flexibility index (Phi) is 6.26. The van der Waals surface area contributed by atoms with E-state index in [0.717, 1.165) is 19.6 Å². The molecule has 0 bridgehead atoms. The van der Waals surface area contributed by atoms with Gasteiger partial charge in [-0.25, -0.2) is 13.1 Å². The number of sulfonamides is 1. The molecule has 6 heteroatoms. The number of rotatable bonds is 7. The van der Waals surface area contributed by atoms with Gasteiger partial charge in [0.25, 0.3) is 0 Å². The minimum Gasteiger partial charge on any atom is -0.330 e. The molecule has 1 aliphatic rings. The molecule has 1 fully saturated rings. The van der Waals surface area contributed by atoms with Crippen LogP contribution in [0.15, 0.2) is 0 Å². The van der Waals surface area contributed by atoms with E-state index >= 15 is 0 Å². The van der Waals surface area contributed by atoms with Crippen molar-refractivity contribution >= 4 is 10.0 Å². The van der Waals surface area contributed by atoms with Crippen LogP contribution in [0, 0.1) is 0 Å². The second kappa shape index (κ2) is 7.21. The van der Waals surface area contributed by atoms with Crippen LogP contribution in [0.1, 0.15) is 25.7 Å². The van der Waals surface area contributed by atoms with Crippen LogP contribution in [0.2, 0.25) is 0 Å². The summed E-state index contributed by atoms with van der Waals surface area (Å²) in [6.45, 7) is 3.97. The molecule has 1 rings (SSSR count). The lowest BCUT2D eigenvalue weighted by Gasteiger charge is -2.26. The Balaban J connectivity index is 2.13. The quantitative estimate of drug-likeness (QED) is 0.652. The fraction of sp³-hybridized carbons (Fsp3) is 1.00. The smallest absolute Gasteiger partial charge is 0.211 e. The van der Waals surface area contributed by atoms with Crippen molar-refractivity contribution in [2.75, 3.05) is 38.5 Å². The third kappa shape index (κ3) is 5.79. The van der Waals surface area contributed by atoms with Crippen molar-refractivity contribution in [1.82, 2.24) is 9.62 Å². The molecule has 16 heavy (non-hydrogen) atoms. The van der Waals surface area contributed by atoms with Crippen molar-refractivity contribution in [3.63, 3.8) is 0 Å². The summed E-state index contributed by atoms with van der Waals surface area (Å²) in [6.07, 6.45) is 4.30. The SMILES string of the molecule is NCCCS(=O)(=O)NCCN1CCCCC1. The van der Waals surface area contributed by atoms with Crippen molar-refractivity contribution in [1.29, 1.82) is 0 Å². The lowest BCUT2D eigenvalue weighted by molar-refractivity contribution is 0.233. The Labute approximate surface area is 98.4 Å². The number of likely N-dealkylation sites (tertiary alicyclic amines) is 1. The maximum absolute atomic E-state index is 11.4. The van der Waals surface area contributed by atoms with E-state index in [1.165, 1.54) is 19.3 Å². The fourth-order valence-corrected chi connectivity index (χ4v) is 2.98. The molecule has 0 radical (unpaired) electrons. The molecule has 96 valence electrons. The first kappa shape index (κ1) is 13.9. The van der Waals surface area contributed by atoms with Gasteiger partial charge < -0.3 is 10.6 Å². The Hall–Kier alpha value is -0.170. The maximum atomic E-state index is 11.4. The molecule has 1 saturated heterocycles. The summed E-state index contributed by atoms with van der Waals surface area (Å²) in [5.41, 5.74) is 5.28. The van der Waals surface area contributed by atoms with Gasteiger partial charge in [0.05, 0.1) is 5.75 Å². The highest BCUT2D eigenvalue weighted by Gasteiger charge is 2.12. The van der Waals surface area contributed by atoms with E-state index in [0.29, 0.717) is 19.5 Å². The molecule has 0 saturated carbocycles. The van der Waals surface area contributed by atoms with Crippen molar-refractivity contribution < 1.29 is 8.42 Å². The molecule has 0 aliphatic carbocycles. The van der Waals surface area contributed by atoms with Crippen molar-refractivity contribution in [3.8, 4) is 0 Å². The minimum atomic E-state index is -3.10. The maximum Gasteiger partial charge on any atom is 0.211 e. The first-order valence-corrected chi connectivity index (χ1v) is 7.69. The third-order valence-corrected chi connectivity index (χ3v) is 4.29. The van der Waals surface area contributed by atoms with Gasteiger partial charge >= 0.3 is 0 Å². The zero-order chi connectivity index (χ0) is 11.9. The largest absolute Gasteiger partial charge is 0.330 e. The van der Waals surface area contributed by atoms with Crippen LogP contribution in [0.4, 0.5) is 0 Å². The predicted octanol–water partition coefficient (Wildman–Crippen LogP) is -0.259. The standard InChI is InChI=1S/C10H23N3O2S/c11-5-4-10-16(14,15)12-6-9-13-7-2-1-3-8-13/h12H,1-11H2. The van der Waals surface area contributed by atoms with E-state index < -0.39 is 10.0 Å². The van der Waals surface area contributed by atoms with Crippen LogP contribution in [0.5, 0.6) is 0 Å². The minimum absolute atomic E-state index is 0.142. The van der Waals surface area contributed by atoms with Crippen LogP contribution in [0.25, 0.3) is 0 Å². The number of nitrogens with one attached hydrogen (secondary N) is 1. The summed E-state index contributed by atoms with van der Waals surface area (Å²) in [7, 11) is -3.10. The van der Waals surface area contributed by atoms with E-state index in [-0.39, 0.29) is 5.75 Å². The van der Waals surface area contributed by atoms with Crippen molar-refractivity contribution in [2.24, 2.45) is 5.73 Å². The van der Waals surface area contributed by atoms with E-state index in [1.54, 1.807) is 0 Å². The second-order valence-electron chi connectivity index (χ2n) is 4.26. The van der Waals surface area contributed by atoms with Gasteiger partial charge in [-0.15, -0.1) is 0 Å². The lowest BCUT2D eigenvalue weighted by Crippen LogP contribution is -2.38. The normalized spacial score (nSPS) is 18.8. The highest BCUT2D eigenvalue weighted by molar-refractivity contribution is 7.89. The summed E-state index contributed by atoms with van der Waals surface area (Å²) < 4.78 is 25.5. The Morgan fingerprint density at radius 1 is 1.19 bits per heavy atom. The highest BCUT2D eigenvalue weighted by atomic mass is 32.2. The highest BCUT2D eigenvalue weighted by Crippen LogP contribution is 2.07. The van der Waals surface area contributed by atoms with Crippen LogP contribution in [-0.2, 0) is 10.0 Å². The summed E-state index contributed by atoms with van der Waals surface area (Å²) in [5, 5.41) is 0. The van der Waals surface area contributed by atoms with Gasteiger partial charge in [-0.1, -0.05) is 6.42 Å². The number of nitrogens with two attached hydrogens (primary N) is 1. The molecular weight excluding hydrogens is 226 g/mol. The first-order chi connectivity index (χ1) is 7.64. The molecular formula is C10H23N3O2S. The molecule has 0 amide bonds. The third-order valence-electron chi connectivity index (χ3n) is 2.82. The lowest BCUT2D eigenvalue weighted by atomic mass is 10.1. The van der Waals surface area contributed by atoms with Gasteiger partial charge in [0, 0.05) is 13.1 Å². The second-order valence-corrected chi connectivity index (χ2v) is 6.18. The molecule has 0 unspecified atom stereocenters. The summed E-state index contributed by atoms with van der Waals surface area (Å²) in [5.74, 6) is 0.142. The molecule has 0 atom stereocenters. The molecule has 1 aliphatic heterocycles. The number of hydrogen-bond acceptors (Lipinski definition) is 4. The van der Waals surface area contributed by atoms with Gasteiger partial charge in [0.2, 0.25) is 10.0 Å². The van der Waals surface area contributed by atoms with E-state index in [1.807, 2.05) is 0 Å². The van der Waals surface area contributed by atoms with Gasteiger partial charge in [-0.05, 0) is 38.9 Å². The Morgan fingerprint density at radius 3 is 2.50 bits per heavy atom. The van der Waals surface area contributed by atoms with E-state index in [4.69, 9.17) is 5.73 Å². The summed E-state index contributed by atoms with van der Waals surface area (Å²) in [4.78, 5) is 2.31. The zero-order valence-corrected chi connectivity index (χ0v) is 10.6. The van der Waals surface area contributed by atoms with Gasteiger partial charge in [0.15, 0.2) is 0 Å². The van der Waals surface area contributed by atoms with Crippen LogP contribution < -0.4 is 10.5 Å². The van der Waals surface area contributed by atoms with Gasteiger partial charge in [-0.2, -0.15) is 0 Å². The number of hydrogen-bond donors (Lipinski definition) is 2. The van der Waals surface area contributed by atoms with E-state index in [9.17, 15) is 8.42 Å². The molecule has 5 nitrogen and oxygen atoms in total. The molecule has 0 spiro atoms. The molecule has 0 aromatic carbocycles. The van der Waals surface area contributed by atoms with Crippen molar-refractivity contribution in [3.05, 3.63) is 0 Å². The fourth-order valence-electron chi connectivity index (χ4n) is 1.89. The van der Waals surface area contributed by atoms with E-state index in [2.05, 4.69) is 9.62 Å². The van der Waals surface area contributed by atoms with Crippen LogP contribution in [-0.4, -0.2) is 51.8 Å². The van der Waals surface area contributed by atoms with Crippen LogP contribution in [0.3, 0.4) is 0 Å². The number of piperidine rings is 1. The topological polar surface area (TPSA) is 75.4 Å². The summed E-state index contributed by atoms with van der Waals surface area (Å²) in [6, 6.07) is 0. The predicted molar refractivity (Wildman–Crippen MR) is 65.8 cm³/mol. The average molecular weight is 249 g/mol. The molecule has 0 aromatic rings. The average Bonchev–Trinajstić information content (AvgIpc) is 2.28. The number of nitrogens with zero attached hydrogens (tertiary/aromatic N) is 1. The Bertz CT molecular complexity index is 274. The first-order valence-electron chi connectivity index (χ1n) is 6.04. The molecule has 0 aromatic heterocycles. The molecule has 3 N–H and O–H groups in total. The van der Waals surface area contributed by atoms with Gasteiger partial charge in [0.1, 0.15) is 0 Å². The monoisotopic (exact) mass is 249 g/mol. The van der Waals surface area contributed by atoms with Crippen LogP contribution >= 0.6 is 0 Å². The van der Waals surface area contributed by atoms with Crippen molar-refractivity contribution in [2.45, 2.75) is 25.7 Å². The zero-order valence-electron chi connectivity index (χ0n) is 9.82. The summed E-state index contributed by atoms with van der Waals surface area (Å²) >= 11 is 0. The Morgan fingerprint density at radius 2 is 1.88 bits per heavy atom. The van der Waals surface area contributed by atoms with Gasteiger partial charge in [-0.3, -0.25) is 0 Å².